The van der Waals surface area contributed by atoms with Crippen molar-refractivity contribution in [2.45, 2.75) is 0 Å². The molecule has 25 heavy (non-hydrogen) atoms. The van der Waals surface area contributed by atoms with Crippen molar-refractivity contribution in [3.05, 3.63) is 88.7 Å². The van der Waals surface area contributed by atoms with Gasteiger partial charge in [0.15, 0.2) is 0 Å². The lowest BCUT2D eigenvalue weighted by molar-refractivity contribution is 1.18. The molecule has 0 bridgehead atoms. The molecule has 0 amide bonds. The summed E-state index contributed by atoms with van der Waals surface area (Å²) in [5.41, 5.74) is 3.67. The molecule has 0 radical (unpaired) electrons. The van der Waals surface area contributed by atoms with Crippen LogP contribution >= 0.6 is 0 Å². The molecule has 0 saturated carbocycles. The molecule has 0 fully saturated rings. The highest BCUT2D eigenvalue weighted by Crippen LogP contribution is 2.27. The topological polar surface area (TPSA) is 69.5 Å². The van der Waals surface area contributed by atoms with E-state index in [4.69, 9.17) is 0 Å². The average Bonchev–Trinajstić information content (AvgIpc) is 2.68. The first-order valence-corrected chi connectivity index (χ1v) is 7.85. The third kappa shape index (κ3) is 2.68. The number of nitriles is 1. The van der Waals surface area contributed by atoms with Gasteiger partial charge >= 0.3 is 0 Å². The van der Waals surface area contributed by atoms with E-state index in [-0.39, 0.29) is 5.56 Å². The Morgan fingerprint density at radius 3 is 2.52 bits per heavy atom. The van der Waals surface area contributed by atoms with Crippen molar-refractivity contribution in [1.82, 2.24) is 9.97 Å². The summed E-state index contributed by atoms with van der Waals surface area (Å²) in [5.74, 6) is 0.514. The van der Waals surface area contributed by atoms with E-state index in [0.29, 0.717) is 22.3 Å². The molecule has 0 aliphatic carbocycles. The molecule has 1 heterocycles. The van der Waals surface area contributed by atoms with Crippen molar-refractivity contribution in [1.29, 1.82) is 5.26 Å². The van der Waals surface area contributed by atoms with E-state index in [1.807, 2.05) is 60.7 Å². The van der Waals surface area contributed by atoms with Crippen LogP contribution in [0.4, 0.5) is 0 Å². The van der Waals surface area contributed by atoms with Gasteiger partial charge in [-0.2, -0.15) is 5.26 Å². The molecular weight excluding hydrogens is 310 g/mol. The molecule has 0 saturated heterocycles. The predicted octanol–water partition coefficient (Wildman–Crippen LogP) is 4.13. The van der Waals surface area contributed by atoms with Crippen molar-refractivity contribution in [3.8, 4) is 28.6 Å². The highest BCUT2D eigenvalue weighted by atomic mass is 16.1. The number of nitrogens with zero attached hydrogens (tertiary/aromatic N) is 2. The fraction of sp³-hybridized carbons (Fsp3) is 0. The summed E-state index contributed by atoms with van der Waals surface area (Å²) in [6.07, 6.45) is 0. The van der Waals surface area contributed by atoms with Crippen LogP contribution in [0.25, 0.3) is 33.4 Å². The van der Waals surface area contributed by atoms with E-state index in [1.54, 1.807) is 12.1 Å². The third-order valence-electron chi connectivity index (χ3n) is 4.11. The predicted molar refractivity (Wildman–Crippen MR) is 98.0 cm³/mol. The van der Waals surface area contributed by atoms with Gasteiger partial charge < -0.3 is 4.98 Å². The molecule has 0 unspecified atom stereocenters. The van der Waals surface area contributed by atoms with Gasteiger partial charge in [0, 0.05) is 5.56 Å². The van der Waals surface area contributed by atoms with Gasteiger partial charge in [0.05, 0.1) is 22.5 Å². The molecule has 0 spiro atoms. The summed E-state index contributed by atoms with van der Waals surface area (Å²) >= 11 is 0. The van der Waals surface area contributed by atoms with Crippen LogP contribution in [0, 0.1) is 11.3 Å². The summed E-state index contributed by atoms with van der Waals surface area (Å²) in [7, 11) is 0. The second-order valence-corrected chi connectivity index (χ2v) is 5.67. The van der Waals surface area contributed by atoms with Gasteiger partial charge in [0.1, 0.15) is 5.82 Å². The lowest BCUT2D eigenvalue weighted by Gasteiger charge is -2.07. The summed E-state index contributed by atoms with van der Waals surface area (Å²) < 4.78 is 0. The Morgan fingerprint density at radius 2 is 1.64 bits per heavy atom. The first-order valence-electron chi connectivity index (χ1n) is 7.85. The Hall–Kier alpha value is -3.71. The molecule has 118 valence electrons. The summed E-state index contributed by atoms with van der Waals surface area (Å²) in [6.45, 7) is 0. The lowest BCUT2D eigenvalue weighted by Crippen LogP contribution is -2.09. The third-order valence-corrected chi connectivity index (χ3v) is 4.11. The van der Waals surface area contributed by atoms with Crippen molar-refractivity contribution in [2.75, 3.05) is 0 Å². The minimum absolute atomic E-state index is 0.163. The summed E-state index contributed by atoms with van der Waals surface area (Å²) in [5, 5.41) is 9.88. The molecular formula is C21H13N3O. The number of H-pyrrole nitrogens is 1. The number of fused-ring (bicyclic) bond motifs is 1. The first-order chi connectivity index (χ1) is 12.3. The fourth-order valence-electron chi connectivity index (χ4n) is 2.89. The maximum atomic E-state index is 12.3. The highest BCUT2D eigenvalue weighted by Gasteiger charge is 2.09. The van der Waals surface area contributed by atoms with Crippen LogP contribution in [0.15, 0.2) is 77.6 Å². The lowest BCUT2D eigenvalue weighted by atomic mass is 9.98. The molecule has 0 aliphatic heterocycles. The van der Waals surface area contributed by atoms with E-state index >= 15 is 0 Å². The molecule has 4 rings (SSSR count). The molecule has 4 nitrogen and oxygen atoms in total. The minimum atomic E-state index is -0.163. The van der Waals surface area contributed by atoms with Gasteiger partial charge in [-0.1, -0.05) is 48.5 Å². The number of hydrogen-bond acceptors (Lipinski definition) is 3. The Kier molecular flexibility index (Phi) is 3.60. The van der Waals surface area contributed by atoms with Crippen LogP contribution in [-0.2, 0) is 0 Å². The molecule has 0 aliphatic rings. The van der Waals surface area contributed by atoms with Crippen molar-refractivity contribution in [2.24, 2.45) is 0 Å². The monoisotopic (exact) mass is 323 g/mol. The van der Waals surface area contributed by atoms with Gasteiger partial charge in [-0.05, 0) is 35.4 Å². The van der Waals surface area contributed by atoms with Crippen LogP contribution in [0.1, 0.15) is 5.56 Å². The van der Waals surface area contributed by atoms with E-state index in [9.17, 15) is 10.1 Å². The van der Waals surface area contributed by atoms with E-state index < -0.39 is 0 Å². The van der Waals surface area contributed by atoms with Gasteiger partial charge in [-0.3, -0.25) is 4.79 Å². The minimum Gasteiger partial charge on any atom is -0.306 e. The first kappa shape index (κ1) is 14.9. The largest absolute Gasteiger partial charge is 0.306 e. The van der Waals surface area contributed by atoms with Crippen LogP contribution in [0.3, 0.4) is 0 Å². The number of aromatic nitrogens is 2. The van der Waals surface area contributed by atoms with Gasteiger partial charge in [0.25, 0.3) is 5.56 Å². The van der Waals surface area contributed by atoms with Crippen LogP contribution in [0.2, 0.25) is 0 Å². The highest BCUT2D eigenvalue weighted by molar-refractivity contribution is 5.80. The Bertz CT molecular complexity index is 1190. The van der Waals surface area contributed by atoms with Crippen molar-refractivity contribution < 1.29 is 0 Å². The quantitative estimate of drug-likeness (QED) is 0.603. The maximum Gasteiger partial charge on any atom is 0.259 e. The van der Waals surface area contributed by atoms with Gasteiger partial charge in [0.2, 0.25) is 0 Å². The van der Waals surface area contributed by atoms with Crippen LogP contribution in [-0.4, -0.2) is 9.97 Å². The van der Waals surface area contributed by atoms with Gasteiger partial charge in [-0.25, -0.2) is 4.98 Å². The zero-order chi connectivity index (χ0) is 17.2. The number of hydrogen-bond donors (Lipinski definition) is 1. The Morgan fingerprint density at radius 1 is 0.880 bits per heavy atom. The molecule has 4 heteroatoms. The van der Waals surface area contributed by atoms with Crippen LogP contribution < -0.4 is 5.56 Å². The Balaban J connectivity index is 1.88. The van der Waals surface area contributed by atoms with E-state index in [1.165, 1.54) is 0 Å². The second-order valence-electron chi connectivity index (χ2n) is 5.67. The number of para-hydroxylation sites is 1. The summed E-state index contributed by atoms with van der Waals surface area (Å²) in [4.78, 5) is 19.7. The summed E-state index contributed by atoms with van der Waals surface area (Å²) in [6, 6.07) is 24.6. The second kappa shape index (κ2) is 6.06. The zero-order valence-corrected chi connectivity index (χ0v) is 13.2. The molecule has 3 aromatic carbocycles. The zero-order valence-electron chi connectivity index (χ0n) is 13.2. The Labute approximate surface area is 144 Å². The van der Waals surface area contributed by atoms with E-state index in [0.717, 1.165) is 16.7 Å². The molecule has 1 N–H and O–H groups in total. The van der Waals surface area contributed by atoms with Crippen molar-refractivity contribution in [3.63, 3.8) is 0 Å². The fourth-order valence-corrected chi connectivity index (χ4v) is 2.89. The van der Waals surface area contributed by atoms with Gasteiger partial charge in [-0.15, -0.1) is 0 Å². The molecule has 4 aromatic rings. The normalized spacial score (nSPS) is 10.5. The molecule has 0 atom stereocenters. The van der Waals surface area contributed by atoms with Crippen LogP contribution in [0.5, 0.6) is 0 Å². The number of rotatable bonds is 2. The van der Waals surface area contributed by atoms with E-state index in [2.05, 4.69) is 16.0 Å². The standard InChI is InChI=1S/C21H13N3O/c22-13-16-6-1-2-9-17(16)14-7-5-8-15(12-14)20-23-19-11-4-3-10-18(19)21(25)24-20/h1-12H,(H,23,24,25). The SMILES string of the molecule is N#Cc1ccccc1-c1cccc(-c2nc3ccccc3c(=O)[nH]2)c1. The average molecular weight is 323 g/mol. The smallest absolute Gasteiger partial charge is 0.259 e. The number of benzene rings is 3. The van der Waals surface area contributed by atoms with Crippen molar-refractivity contribution >= 4 is 10.9 Å². The molecule has 1 aromatic heterocycles. The maximum absolute atomic E-state index is 12.3. The number of aromatic amines is 1. The number of nitrogens with one attached hydrogen (secondary N) is 1.